The average molecular weight is 246 g/mol. The van der Waals surface area contributed by atoms with Crippen molar-refractivity contribution in [2.75, 3.05) is 11.1 Å². The molecule has 4 nitrogen and oxygen atoms in total. The van der Waals surface area contributed by atoms with E-state index < -0.39 is 0 Å². The molecular formula is C14H22N4. The lowest BCUT2D eigenvalue weighted by Gasteiger charge is -2.13. The van der Waals surface area contributed by atoms with E-state index >= 15 is 0 Å². The van der Waals surface area contributed by atoms with E-state index in [9.17, 15) is 0 Å². The zero-order chi connectivity index (χ0) is 12.4. The van der Waals surface area contributed by atoms with Gasteiger partial charge in [-0.3, -0.25) is 0 Å². The second-order valence-corrected chi connectivity index (χ2v) is 6.32. The van der Waals surface area contributed by atoms with Crippen molar-refractivity contribution in [3.63, 3.8) is 0 Å². The summed E-state index contributed by atoms with van der Waals surface area (Å²) in [6.45, 7) is 4.99. The van der Waals surface area contributed by atoms with Gasteiger partial charge in [0.15, 0.2) is 0 Å². The molecule has 0 saturated heterocycles. The summed E-state index contributed by atoms with van der Waals surface area (Å²) in [6.07, 6.45) is 4.42. The van der Waals surface area contributed by atoms with E-state index in [1.54, 1.807) is 0 Å². The molecule has 0 aromatic carbocycles. The Bertz CT molecular complexity index is 476. The lowest BCUT2D eigenvalue weighted by Crippen LogP contribution is -2.16. The van der Waals surface area contributed by atoms with Crippen molar-refractivity contribution in [1.29, 1.82) is 0 Å². The topological polar surface area (TPSA) is 55.9 Å². The van der Waals surface area contributed by atoms with Gasteiger partial charge in [0, 0.05) is 12.6 Å². The Labute approximate surface area is 108 Å². The third kappa shape index (κ3) is 1.24. The van der Waals surface area contributed by atoms with Crippen LogP contribution in [0.5, 0.6) is 0 Å². The van der Waals surface area contributed by atoms with Crippen molar-refractivity contribution < 1.29 is 0 Å². The number of rotatable bonds is 3. The van der Waals surface area contributed by atoms with Crippen LogP contribution in [-0.2, 0) is 6.54 Å². The third-order valence-electron chi connectivity index (χ3n) is 5.51. The Balaban J connectivity index is 1.57. The summed E-state index contributed by atoms with van der Waals surface area (Å²) in [4.78, 5) is 0. The Kier molecular flexibility index (Phi) is 2.04. The molecule has 0 radical (unpaired) electrons. The number of nitrogens with one attached hydrogen (secondary N) is 1. The first-order chi connectivity index (χ1) is 8.70. The maximum Gasteiger partial charge on any atom is 0.148 e. The zero-order valence-electron chi connectivity index (χ0n) is 11.2. The van der Waals surface area contributed by atoms with Crippen LogP contribution < -0.4 is 11.1 Å². The van der Waals surface area contributed by atoms with E-state index in [1.807, 2.05) is 11.6 Å². The Hall–Kier alpha value is -1.19. The largest absolute Gasteiger partial charge is 0.394 e. The molecule has 0 aliphatic heterocycles. The summed E-state index contributed by atoms with van der Waals surface area (Å²) in [5.74, 6) is 4.93. The van der Waals surface area contributed by atoms with E-state index in [-0.39, 0.29) is 0 Å². The van der Waals surface area contributed by atoms with Gasteiger partial charge in [-0.15, -0.1) is 0 Å². The van der Waals surface area contributed by atoms with Crippen molar-refractivity contribution >= 4 is 11.5 Å². The molecule has 3 saturated carbocycles. The monoisotopic (exact) mass is 246 g/mol. The number of nitrogens with two attached hydrogens (primary N) is 1. The molecule has 4 rings (SSSR count). The van der Waals surface area contributed by atoms with Crippen LogP contribution in [0.1, 0.15) is 31.9 Å². The quantitative estimate of drug-likeness (QED) is 0.860. The standard InChI is InChI=1S/C14H22N4/c1-3-18-14(12(15)7(2)17-18)16-13-10-8-4-5-9(6-8)11(10)13/h8-11,13,16H,3-6,15H2,1-2H3. The second kappa shape index (κ2) is 3.43. The van der Waals surface area contributed by atoms with Crippen molar-refractivity contribution in [2.24, 2.45) is 23.7 Å². The van der Waals surface area contributed by atoms with Gasteiger partial charge in [0.2, 0.25) is 0 Å². The van der Waals surface area contributed by atoms with Crippen LogP contribution in [0.25, 0.3) is 0 Å². The summed E-state index contributed by atoms with van der Waals surface area (Å²) in [6, 6.07) is 0.681. The Morgan fingerprint density at radius 3 is 2.61 bits per heavy atom. The van der Waals surface area contributed by atoms with E-state index in [0.29, 0.717) is 6.04 Å². The van der Waals surface area contributed by atoms with Gasteiger partial charge in [-0.1, -0.05) is 0 Å². The molecule has 1 aromatic heterocycles. The minimum absolute atomic E-state index is 0.681. The molecule has 2 bridgehead atoms. The molecule has 98 valence electrons. The molecule has 1 heterocycles. The molecule has 4 heteroatoms. The molecule has 3 N–H and O–H groups in total. The number of hydrogen-bond acceptors (Lipinski definition) is 3. The van der Waals surface area contributed by atoms with E-state index in [1.165, 1.54) is 19.3 Å². The predicted octanol–water partition coefficient (Wildman–Crippen LogP) is 2.25. The highest BCUT2D eigenvalue weighted by atomic mass is 15.3. The first-order valence-electron chi connectivity index (χ1n) is 7.30. The Morgan fingerprint density at radius 1 is 1.33 bits per heavy atom. The zero-order valence-corrected chi connectivity index (χ0v) is 11.2. The van der Waals surface area contributed by atoms with Crippen molar-refractivity contribution in [3.05, 3.63) is 5.69 Å². The summed E-state index contributed by atoms with van der Waals surface area (Å²) in [7, 11) is 0. The van der Waals surface area contributed by atoms with Gasteiger partial charge in [0.25, 0.3) is 0 Å². The summed E-state index contributed by atoms with van der Waals surface area (Å²) in [5, 5.41) is 8.19. The fraction of sp³-hybridized carbons (Fsp3) is 0.786. The first-order valence-corrected chi connectivity index (χ1v) is 7.30. The van der Waals surface area contributed by atoms with Crippen LogP contribution >= 0.6 is 0 Å². The molecule has 3 fully saturated rings. The van der Waals surface area contributed by atoms with Crippen molar-refractivity contribution in [3.8, 4) is 0 Å². The lowest BCUT2D eigenvalue weighted by atomic mass is 10.0. The van der Waals surface area contributed by atoms with E-state index in [4.69, 9.17) is 5.73 Å². The number of aromatic nitrogens is 2. The van der Waals surface area contributed by atoms with Crippen molar-refractivity contribution in [2.45, 2.75) is 45.7 Å². The molecule has 3 aliphatic rings. The van der Waals surface area contributed by atoms with Gasteiger partial charge in [-0.2, -0.15) is 5.10 Å². The van der Waals surface area contributed by atoms with Gasteiger partial charge in [-0.05, 0) is 56.8 Å². The number of nitrogen functional groups attached to an aromatic ring is 1. The molecular weight excluding hydrogens is 224 g/mol. The number of anilines is 2. The average Bonchev–Trinajstić information content (AvgIpc) is 2.70. The molecule has 18 heavy (non-hydrogen) atoms. The summed E-state index contributed by atoms with van der Waals surface area (Å²) >= 11 is 0. The minimum atomic E-state index is 0.681. The maximum atomic E-state index is 6.14. The van der Waals surface area contributed by atoms with Crippen LogP contribution in [0, 0.1) is 30.6 Å². The number of aryl methyl sites for hydroxylation is 2. The van der Waals surface area contributed by atoms with Gasteiger partial charge in [0.1, 0.15) is 5.82 Å². The highest BCUT2D eigenvalue weighted by molar-refractivity contribution is 5.66. The van der Waals surface area contributed by atoms with E-state index in [2.05, 4.69) is 17.3 Å². The highest BCUT2D eigenvalue weighted by Gasteiger charge is 2.65. The fourth-order valence-corrected chi connectivity index (χ4v) is 4.65. The number of nitrogens with zero attached hydrogens (tertiary/aromatic N) is 2. The van der Waals surface area contributed by atoms with Gasteiger partial charge in [-0.25, -0.2) is 4.68 Å². The molecule has 3 aliphatic carbocycles. The smallest absolute Gasteiger partial charge is 0.148 e. The number of fused-ring (bicyclic) bond motifs is 5. The lowest BCUT2D eigenvalue weighted by molar-refractivity contribution is 0.456. The van der Waals surface area contributed by atoms with E-state index in [0.717, 1.165) is 47.4 Å². The normalized spacial score (nSPS) is 40.0. The number of hydrogen-bond donors (Lipinski definition) is 2. The minimum Gasteiger partial charge on any atom is -0.394 e. The maximum absolute atomic E-state index is 6.14. The Morgan fingerprint density at radius 2 is 2.00 bits per heavy atom. The molecule has 4 atom stereocenters. The van der Waals surface area contributed by atoms with Crippen molar-refractivity contribution in [1.82, 2.24) is 9.78 Å². The second-order valence-electron chi connectivity index (χ2n) is 6.32. The van der Waals surface area contributed by atoms with Gasteiger partial charge >= 0.3 is 0 Å². The predicted molar refractivity (Wildman–Crippen MR) is 72.3 cm³/mol. The SMILES string of the molecule is CCn1nc(C)c(N)c1NC1C2C3CCC(C3)C12. The third-order valence-corrected chi connectivity index (χ3v) is 5.51. The van der Waals surface area contributed by atoms with Crippen LogP contribution in [0.15, 0.2) is 0 Å². The highest BCUT2D eigenvalue weighted by Crippen LogP contribution is 2.66. The summed E-state index contributed by atoms with van der Waals surface area (Å²) < 4.78 is 2.01. The van der Waals surface area contributed by atoms with Gasteiger partial charge < -0.3 is 11.1 Å². The van der Waals surface area contributed by atoms with Crippen LogP contribution in [0.2, 0.25) is 0 Å². The van der Waals surface area contributed by atoms with Gasteiger partial charge in [0.05, 0.1) is 11.4 Å². The molecule has 0 spiro atoms. The molecule has 4 unspecified atom stereocenters. The van der Waals surface area contributed by atoms with Crippen LogP contribution in [0.3, 0.4) is 0 Å². The van der Waals surface area contributed by atoms with Crippen LogP contribution in [0.4, 0.5) is 11.5 Å². The summed E-state index contributed by atoms with van der Waals surface area (Å²) in [5.41, 5.74) is 7.94. The fourth-order valence-electron chi connectivity index (χ4n) is 4.65. The van der Waals surface area contributed by atoms with Crippen LogP contribution in [-0.4, -0.2) is 15.8 Å². The molecule has 0 amide bonds. The first kappa shape index (κ1) is 10.7. The molecule has 1 aromatic rings.